The molecule has 0 bridgehead atoms. The Morgan fingerprint density at radius 3 is 2.60 bits per heavy atom. The minimum absolute atomic E-state index is 0. The van der Waals surface area contributed by atoms with Crippen molar-refractivity contribution in [2.45, 2.75) is 40.0 Å². The van der Waals surface area contributed by atoms with E-state index in [0.29, 0.717) is 23.2 Å². The Kier molecular flexibility index (Phi) is 4.90. The van der Waals surface area contributed by atoms with Gasteiger partial charge in [0.2, 0.25) is 5.95 Å². The van der Waals surface area contributed by atoms with Crippen molar-refractivity contribution in [2.24, 2.45) is 23.0 Å². The van der Waals surface area contributed by atoms with Gasteiger partial charge in [0.05, 0.1) is 10.2 Å². The van der Waals surface area contributed by atoms with E-state index in [1.807, 2.05) is 11.3 Å². The Balaban J connectivity index is 0.00000182. The smallest absolute Gasteiger partial charge is 0.222 e. The molecule has 1 fully saturated rings. The van der Waals surface area contributed by atoms with Gasteiger partial charge in [0.25, 0.3) is 0 Å². The maximum Gasteiger partial charge on any atom is 0.222 e. The molecule has 4 rings (SSSR count). The maximum absolute atomic E-state index is 6.05. The predicted molar refractivity (Wildman–Crippen MR) is 109 cm³/mol. The molecular formula is C18H28ClN5S. The zero-order chi connectivity index (χ0) is 17.1. The van der Waals surface area contributed by atoms with Crippen LogP contribution < -0.4 is 16.4 Å². The second-order valence-corrected chi connectivity index (χ2v) is 9.50. The second kappa shape index (κ2) is 6.56. The van der Waals surface area contributed by atoms with Crippen molar-refractivity contribution < 1.29 is 0 Å². The van der Waals surface area contributed by atoms with E-state index in [1.54, 1.807) is 0 Å². The van der Waals surface area contributed by atoms with Crippen LogP contribution in [-0.4, -0.2) is 29.6 Å². The summed E-state index contributed by atoms with van der Waals surface area (Å²) in [5, 5.41) is 0. The number of halogens is 1. The largest absolute Gasteiger partial charge is 0.368 e. The Hall–Kier alpha value is -1.11. The first-order valence-electron chi connectivity index (χ1n) is 8.89. The molecule has 0 aromatic carbocycles. The third kappa shape index (κ3) is 3.20. The molecule has 2 aromatic heterocycles. The Morgan fingerprint density at radius 1 is 1.24 bits per heavy atom. The number of thiophene rings is 1. The molecule has 1 atom stereocenters. The van der Waals surface area contributed by atoms with E-state index in [9.17, 15) is 0 Å². The summed E-state index contributed by atoms with van der Waals surface area (Å²) in [5.41, 5.74) is 14.7. The fraction of sp³-hybridized carbons (Fsp3) is 0.667. The molecule has 0 spiro atoms. The van der Waals surface area contributed by atoms with Crippen molar-refractivity contribution in [3.63, 3.8) is 0 Å². The molecule has 3 heterocycles. The number of aryl methyl sites for hydroxylation is 1. The lowest BCUT2D eigenvalue weighted by atomic mass is 9.72. The molecule has 2 aromatic rings. The summed E-state index contributed by atoms with van der Waals surface area (Å²) in [5.74, 6) is 2.70. The highest BCUT2D eigenvalue weighted by atomic mass is 35.5. The second-order valence-electron chi connectivity index (χ2n) is 8.40. The van der Waals surface area contributed by atoms with Gasteiger partial charge in [0.15, 0.2) is 5.82 Å². The van der Waals surface area contributed by atoms with Crippen molar-refractivity contribution in [1.29, 1.82) is 0 Å². The van der Waals surface area contributed by atoms with Crippen LogP contribution in [0.3, 0.4) is 0 Å². The van der Waals surface area contributed by atoms with Gasteiger partial charge in [-0.25, -0.2) is 4.98 Å². The van der Waals surface area contributed by atoms with E-state index in [-0.39, 0.29) is 12.4 Å². The first-order chi connectivity index (χ1) is 11.4. The number of rotatable bonds is 2. The van der Waals surface area contributed by atoms with Crippen molar-refractivity contribution in [3.8, 4) is 0 Å². The van der Waals surface area contributed by atoms with Crippen molar-refractivity contribution in [1.82, 2.24) is 9.97 Å². The Morgan fingerprint density at radius 2 is 1.96 bits per heavy atom. The molecule has 25 heavy (non-hydrogen) atoms. The van der Waals surface area contributed by atoms with E-state index < -0.39 is 0 Å². The first-order valence-corrected chi connectivity index (χ1v) is 9.71. The summed E-state index contributed by atoms with van der Waals surface area (Å²) in [7, 11) is 0. The number of nitrogen functional groups attached to an aromatic ring is 1. The van der Waals surface area contributed by atoms with E-state index in [1.165, 1.54) is 21.6 Å². The third-order valence-electron chi connectivity index (χ3n) is 5.70. The topological polar surface area (TPSA) is 81.1 Å². The molecule has 5 nitrogen and oxygen atoms in total. The van der Waals surface area contributed by atoms with Crippen molar-refractivity contribution >= 4 is 45.7 Å². The van der Waals surface area contributed by atoms with Crippen LogP contribution in [0.4, 0.5) is 11.8 Å². The minimum atomic E-state index is 0. The van der Waals surface area contributed by atoms with Gasteiger partial charge in [-0.05, 0) is 42.7 Å². The highest BCUT2D eigenvalue weighted by molar-refractivity contribution is 7.19. The zero-order valence-electron chi connectivity index (χ0n) is 15.2. The van der Waals surface area contributed by atoms with Gasteiger partial charge < -0.3 is 16.4 Å². The lowest BCUT2D eigenvalue weighted by molar-refractivity contribution is 0.217. The number of anilines is 2. The van der Waals surface area contributed by atoms with Gasteiger partial charge in [-0.15, -0.1) is 23.7 Å². The van der Waals surface area contributed by atoms with Gasteiger partial charge >= 0.3 is 0 Å². The molecule has 138 valence electrons. The molecule has 7 heteroatoms. The molecule has 2 aliphatic rings. The van der Waals surface area contributed by atoms with Crippen LogP contribution in [0, 0.1) is 17.3 Å². The quantitative estimate of drug-likeness (QED) is 0.834. The van der Waals surface area contributed by atoms with E-state index in [4.69, 9.17) is 11.5 Å². The van der Waals surface area contributed by atoms with Crippen molar-refractivity contribution in [3.05, 3.63) is 10.4 Å². The van der Waals surface area contributed by atoms with Gasteiger partial charge in [0, 0.05) is 23.9 Å². The standard InChI is InChI=1S/C18H27N5S.ClH/c1-18(2,3)11-4-5-13-12(6-11)14-15(24-13)16(22-17(20)21-14)23-8-10(7-19)9-23;/h10-11H,4-9,19H2,1-3H3,(H2,20,21,22);1H. The molecule has 1 saturated heterocycles. The SMILES string of the molecule is CC(C)(C)C1CCc2sc3c(N4CC(CN)C4)nc(N)nc3c2C1.Cl. The maximum atomic E-state index is 6.05. The molecule has 0 amide bonds. The lowest BCUT2D eigenvalue weighted by Crippen LogP contribution is -2.50. The predicted octanol–water partition coefficient (Wildman–Crippen LogP) is 3.24. The number of fused-ring (bicyclic) bond motifs is 3. The molecule has 0 radical (unpaired) electrons. The number of aromatic nitrogens is 2. The number of hydrogen-bond acceptors (Lipinski definition) is 6. The summed E-state index contributed by atoms with van der Waals surface area (Å²) in [6.07, 6.45) is 3.53. The number of hydrogen-bond donors (Lipinski definition) is 2. The van der Waals surface area contributed by atoms with Crippen LogP contribution in [0.2, 0.25) is 0 Å². The normalized spacial score (nSPS) is 21.0. The number of nitrogens with two attached hydrogens (primary N) is 2. The van der Waals surface area contributed by atoms with E-state index >= 15 is 0 Å². The molecule has 1 aliphatic heterocycles. The monoisotopic (exact) mass is 381 g/mol. The Bertz CT molecular complexity index is 776. The minimum Gasteiger partial charge on any atom is -0.368 e. The van der Waals surface area contributed by atoms with Gasteiger partial charge in [-0.2, -0.15) is 4.98 Å². The summed E-state index contributed by atoms with van der Waals surface area (Å²) in [6.45, 7) is 9.75. The van der Waals surface area contributed by atoms with Crippen LogP contribution >= 0.6 is 23.7 Å². The van der Waals surface area contributed by atoms with Gasteiger partial charge in [-0.1, -0.05) is 20.8 Å². The highest BCUT2D eigenvalue weighted by Gasteiger charge is 2.34. The molecule has 4 N–H and O–H groups in total. The summed E-state index contributed by atoms with van der Waals surface area (Å²) < 4.78 is 1.22. The fourth-order valence-corrected chi connectivity index (χ4v) is 5.28. The van der Waals surface area contributed by atoms with Crippen LogP contribution in [-0.2, 0) is 12.8 Å². The van der Waals surface area contributed by atoms with E-state index in [0.717, 1.165) is 43.8 Å². The van der Waals surface area contributed by atoms with Gasteiger partial charge in [-0.3, -0.25) is 0 Å². The van der Waals surface area contributed by atoms with E-state index in [2.05, 4.69) is 35.6 Å². The molecule has 1 aliphatic carbocycles. The average molecular weight is 382 g/mol. The summed E-state index contributed by atoms with van der Waals surface area (Å²) >= 11 is 1.88. The fourth-order valence-electron chi connectivity index (χ4n) is 3.98. The average Bonchev–Trinajstić information content (AvgIpc) is 2.83. The van der Waals surface area contributed by atoms with Crippen molar-refractivity contribution in [2.75, 3.05) is 30.3 Å². The summed E-state index contributed by atoms with van der Waals surface area (Å²) in [4.78, 5) is 13.0. The zero-order valence-corrected chi connectivity index (χ0v) is 16.8. The van der Waals surface area contributed by atoms with Crippen LogP contribution in [0.5, 0.6) is 0 Å². The lowest BCUT2D eigenvalue weighted by Gasteiger charge is -2.39. The van der Waals surface area contributed by atoms with Crippen LogP contribution in [0.1, 0.15) is 37.6 Å². The van der Waals surface area contributed by atoms with Gasteiger partial charge in [0.1, 0.15) is 0 Å². The molecular weight excluding hydrogens is 354 g/mol. The van der Waals surface area contributed by atoms with Crippen LogP contribution in [0.15, 0.2) is 0 Å². The number of nitrogens with zero attached hydrogens (tertiary/aromatic N) is 3. The molecule has 1 unspecified atom stereocenters. The van der Waals surface area contributed by atoms with Crippen LogP contribution in [0.25, 0.3) is 10.2 Å². The molecule has 0 saturated carbocycles. The summed E-state index contributed by atoms with van der Waals surface area (Å²) in [6, 6.07) is 0. The highest BCUT2D eigenvalue weighted by Crippen LogP contribution is 2.45. The first kappa shape index (κ1) is 18.7. The Labute approximate surface area is 159 Å². The third-order valence-corrected chi connectivity index (χ3v) is 6.97.